The van der Waals surface area contributed by atoms with Crippen LogP contribution in [0.5, 0.6) is 17.2 Å². The van der Waals surface area contributed by atoms with Crippen LogP contribution in [0.25, 0.3) is 0 Å². The number of para-hydroxylation sites is 1. The van der Waals surface area contributed by atoms with Crippen molar-refractivity contribution in [1.82, 2.24) is 0 Å². The van der Waals surface area contributed by atoms with Crippen molar-refractivity contribution < 1.29 is 19.0 Å². The van der Waals surface area contributed by atoms with E-state index in [1.165, 1.54) is 11.8 Å². The Balaban J connectivity index is 1.38. The number of rotatable bonds is 7. The number of ether oxygens (including phenoxy) is 3. The zero-order valence-electron chi connectivity index (χ0n) is 13.9. The molecule has 1 aliphatic heterocycles. The van der Waals surface area contributed by atoms with Crippen molar-refractivity contribution in [1.29, 1.82) is 0 Å². The molecule has 0 fully saturated rings. The molecule has 0 radical (unpaired) electrons. The van der Waals surface area contributed by atoms with Gasteiger partial charge in [-0.15, -0.1) is 11.8 Å². The van der Waals surface area contributed by atoms with Crippen LogP contribution in [0, 0.1) is 0 Å². The molecule has 0 unspecified atom stereocenters. The molecule has 2 aromatic carbocycles. The SMILES string of the molecule is O=C(CSCCOc1ccccc1)Nc1ccc2c(c1)OCCCO2. The minimum absolute atomic E-state index is 0.0424. The normalized spacial score (nSPS) is 13.0. The van der Waals surface area contributed by atoms with Crippen LogP contribution in [0.3, 0.4) is 0 Å². The van der Waals surface area contributed by atoms with E-state index in [2.05, 4.69) is 5.32 Å². The van der Waals surface area contributed by atoms with E-state index < -0.39 is 0 Å². The highest BCUT2D eigenvalue weighted by atomic mass is 32.2. The van der Waals surface area contributed by atoms with E-state index in [9.17, 15) is 4.79 Å². The van der Waals surface area contributed by atoms with E-state index >= 15 is 0 Å². The van der Waals surface area contributed by atoms with Gasteiger partial charge in [-0.3, -0.25) is 4.79 Å². The Morgan fingerprint density at radius 3 is 2.72 bits per heavy atom. The number of hydrogen-bond donors (Lipinski definition) is 1. The Morgan fingerprint density at radius 2 is 1.88 bits per heavy atom. The lowest BCUT2D eigenvalue weighted by Crippen LogP contribution is -2.15. The van der Waals surface area contributed by atoms with Crippen LogP contribution >= 0.6 is 11.8 Å². The fourth-order valence-corrected chi connectivity index (χ4v) is 2.94. The summed E-state index contributed by atoms with van der Waals surface area (Å²) in [6.45, 7) is 1.86. The number of benzene rings is 2. The third kappa shape index (κ3) is 5.60. The highest BCUT2D eigenvalue weighted by Crippen LogP contribution is 2.32. The second-order valence-electron chi connectivity index (χ2n) is 5.47. The van der Waals surface area contributed by atoms with Crippen LogP contribution in [-0.4, -0.2) is 37.2 Å². The summed E-state index contributed by atoms with van der Waals surface area (Å²) >= 11 is 1.54. The van der Waals surface area contributed by atoms with Crippen molar-refractivity contribution in [2.45, 2.75) is 6.42 Å². The fourth-order valence-electron chi connectivity index (χ4n) is 2.34. The summed E-state index contributed by atoms with van der Waals surface area (Å²) in [4.78, 5) is 12.0. The van der Waals surface area contributed by atoms with Crippen molar-refractivity contribution in [3.63, 3.8) is 0 Å². The highest BCUT2D eigenvalue weighted by Gasteiger charge is 2.11. The van der Waals surface area contributed by atoms with Gasteiger partial charge in [0.15, 0.2) is 11.5 Å². The molecule has 3 rings (SSSR count). The predicted molar refractivity (Wildman–Crippen MR) is 99.9 cm³/mol. The van der Waals surface area contributed by atoms with Gasteiger partial charge in [0.2, 0.25) is 5.91 Å². The van der Waals surface area contributed by atoms with Crippen molar-refractivity contribution >= 4 is 23.4 Å². The second-order valence-corrected chi connectivity index (χ2v) is 6.58. The number of carbonyl (C=O) groups is 1. The highest BCUT2D eigenvalue weighted by molar-refractivity contribution is 7.99. The Hall–Kier alpha value is -2.34. The Bertz CT molecular complexity index is 693. The van der Waals surface area contributed by atoms with Crippen LogP contribution < -0.4 is 19.5 Å². The van der Waals surface area contributed by atoms with Crippen LogP contribution in [0.15, 0.2) is 48.5 Å². The van der Waals surface area contributed by atoms with E-state index in [0.717, 1.165) is 29.4 Å². The number of nitrogens with one attached hydrogen (secondary N) is 1. The van der Waals surface area contributed by atoms with Crippen molar-refractivity contribution in [2.75, 3.05) is 36.6 Å². The van der Waals surface area contributed by atoms with Gasteiger partial charge in [0, 0.05) is 23.9 Å². The van der Waals surface area contributed by atoms with E-state index in [0.29, 0.717) is 31.3 Å². The van der Waals surface area contributed by atoms with Gasteiger partial charge in [0.1, 0.15) is 5.75 Å². The summed E-state index contributed by atoms with van der Waals surface area (Å²) < 4.78 is 16.8. The molecule has 1 N–H and O–H groups in total. The molecule has 0 aliphatic carbocycles. The van der Waals surface area contributed by atoms with E-state index in [-0.39, 0.29) is 5.91 Å². The van der Waals surface area contributed by atoms with Gasteiger partial charge in [-0.25, -0.2) is 0 Å². The first-order valence-electron chi connectivity index (χ1n) is 8.26. The monoisotopic (exact) mass is 359 g/mol. The number of hydrogen-bond acceptors (Lipinski definition) is 5. The van der Waals surface area contributed by atoms with Crippen LogP contribution in [-0.2, 0) is 4.79 Å². The quantitative estimate of drug-likeness (QED) is 0.766. The summed E-state index contributed by atoms with van der Waals surface area (Å²) in [6, 6.07) is 15.1. The molecule has 6 heteroatoms. The number of carbonyl (C=O) groups excluding carboxylic acids is 1. The number of amides is 1. The third-order valence-electron chi connectivity index (χ3n) is 3.50. The molecule has 1 heterocycles. The number of fused-ring (bicyclic) bond motifs is 1. The average molecular weight is 359 g/mol. The molecule has 0 spiro atoms. The van der Waals surface area contributed by atoms with Crippen LogP contribution in [0.4, 0.5) is 5.69 Å². The van der Waals surface area contributed by atoms with Gasteiger partial charge in [0.05, 0.1) is 25.6 Å². The van der Waals surface area contributed by atoms with Gasteiger partial charge in [-0.05, 0) is 24.3 Å². The lowest BCUT2D eigenvalue weighted by atomic mass is 10.2. The Kier molecular flexibility index (Phi) is 6.45. The van der Waals surface area contributed by atoms with Crippen molar-refractivity contribution in [3.8, 4) is 17.2 Å². The smallest absolute Gasteiger partial charge is 0.234 e. The van der Waals surface area contributed by atoms with Gasteiger partial charge < -0.3 is 19.5 Å². The molecule has 0 atom stereocenters. The summed E-state index contributed by atoms with van der Waals surface area (Å²) in [5.74, 6) is 3.34. The minimum Gasteiger partial charge on any atom is -0.493 e. The molecule has 0 bridgehead atoms. The largest absolute Gasteiger partial charge is 0.493 e. The average Bonchev–Trinajstić information content (AvgIpc) is 2.87. The maximum Gasteiger partial charge on any atom is 0.234 e. The molecule has 0 saturated heterocycles. The molecule has 0 aromatic heterocycles. The van der Waals surface area contributed by atoms with E-state index in [1.807, 2.05) is 48.5 Å². The standard InChI is InChI=1S/C19H21NO4S/c21-19(14-25-12-11-22-16-5-2-1-3-6-16)20-15-7-8-17-18(13-15)24-10-4-9-23-17/h1-3,5-8,13H,4,9-12,14H2,(H,20,21). The maximum atomic E-state index is 12.0. The van der Waals surface area contributed by atoms with Crippen molar-refractivity contribution in [3.05, 3.63) is 48.5 Å². The summed E-state index contributed by atoms with van der Waals surface area (Å²) in [6.07, 6.45) is 0.859. The van der Waals surface area contributed by atoms with Crippen LogP contribution in [0.2, 0.25) is 0 Å². The molecule has 2 aromatic rings. The maximum absolute atomic E-state index is 12.0. The van der Waals surface area contributed by atoms with Crippen LogP contribution in [0.1, 0.15) is 6.42 Å². The Morgan fingerprint density at radius 1 is 1.08 bits per heavy atom. The lowest BCUT2D eigenvalue weighted by molar-refractivity contribution is -0.113. The first kappa shape index (κ1) is 17.5. The molecule has 1 aliphatic rings. The van der Waals surface area contributed by atoms with Gasteiger partial charge >= 0.3 is 0 Å². The zero-order chi connectivity index (χ0) is 17.3. The molecule has 1 amide bonds. The fraction of sp³-hybridized carbons (Fsp3) is 0.316. The zero-order valence-corrected chi connectivity index (χ0v) is 14.7. The van der Waals surface area contributed by atoms with Gasteiger partial charge in [-0.1, -0.05) is 18.2 Å². The summed E-state index contributed by atoms with van der Waals surface area (Å²) in [5, 5.41) is 2.88. The second kappa shape index (κ2) is 9.22. The van der Waals surface area contributed by atoms with E-state index in [4.69, 9.17) is 14.2 Å². The van der Waals surface area contributed by atoms with Crippen molar-refractivity contribution in [2.24, 2.45) is 0 Å². The molecular formula is C19H21NO4S. The minimum atomic E-state index is -0.0424. The summed E-state index contributed by atoms with van der Waals surface area (Å²) in [5.41, 5.74) is 0.718. The summed E-state index contributed by atoms with van der Waals surface area (Å²) in [7, 11) is 0. The number of anilines is 1. The first-order valence-corrected chi connectivity index (χ1v) is 9.42. The van der Waals surface area contributed by atoms with Gasteiger partial charge in [0.25, 0.3) is 0 Å². The van der Waals surface area contributed by atoms with E-state index in [1.54, 1.807) is 0 Å². The molecule has 0 saturated carbocycles. The Labute approximate surface area is 151 Å². The topological polar surface area (TPSA) is 56.8 Å². The molecular weight excluding hydrogens is 338 g/mol. The first-order chi connectivity index (χ1) is 12.3. The lowest BCUT2D eigenvalue weighted by Gasteiger charge is -2.10. The molecule has 25 heavy (non-hydrogen) atoms. The molecule has 132 valence electrons. The van der Waals surface area contributed by atoms with Gasteiger partial charge in [-0.2, -0.15) is 0 Å². The molecule has 5 nitrogen and oxygen atoms in total. The number of thioether (sulfide) groups is 1. The predicted octanol–water partition coefficient (Wildman–Crippen LogP) is 3.60. The third-order valence-corrected chi connectivity index (χ3v) is 4.43.